The normalized spacial score (nSPS) is 10.5. The first-order valence-electron chi connectivity index (χ1n) is 7.46. The molecule has 122 valence electrons. The molecular weight excluding hydrogens is 295 g/mol. The number of nitrogens with one attached hydrogen (secondary N) is 1. The number of para-hydroxylation sites is 1. The van der Waals surface area contributed by atoms with Gasteiger partial charge in [-0.25, -0.2) is 4.39 Å². The van der Waals surface area contributed by atoms with E-state index < -0.39 is 0 Å². The van der Waals surface area contributed by atoms with Crippen LogP contribution in [0.25, 0.3) is 0 Å². The number of halogens is 1. The van der Waals surface area contributed by atoms with Gasteiger partial charge in [0.2, 0.25) is 5.91 Å². The lowest BCUT2D eigenvalue weighted by Crippen LogP contribution is -2.23. The molecule has 23 heavy (non-hydrogen) atoms. The van der Waals surface area contributed by atoms with Gasteiger partial charge in [0.25, 0.3) is 0 Å². The van der Waals surface area contributed by atoms with Gasteiger partial charge in [0, 0.05) is 31.3 Å². The van der Waals surface area contributed by atoms with Crippen LogP contribution in [0.1, 0.15) is 23.1 Å². The van der Waals surface area contributed by atoms with E-state index in [9.17, 15) is 9.18 Å². The van der Waals surface area contributed by atoms with Gasteiger partial charge >= 0.3 is 0 Å². The zero-order valence-electron chi connectivity index (χ0n) is 13.1. The van der Waals surface area contributed by atoms with Gasteiger partial charge in [-0.2, -0.15) is 0 Å². The van der Waals surface area contributed by atoms with Gasteiger partial charge in [-0.15, -0.1) is 0 Å². The number of ether oxygens (including phenoxy) is 1. The van der Waals surface area contributed by atoms with Crippen molar-refractivity contribution in [3.8, 4) is 0 Å². The molecule has 2 rings (SSSR count). The number of carbonyl (C=O) groups excluding carboxylic acids is 1. The Morgan fingerprint density at radius 1 is 1.22 bits per heavy atom. The van der Waals surface area contributed by atoms with Gasteiger partial charge in [-0.05, 0) is 35.7 Å². The third-order valence-electron chi connectivity index (χ3n) is 3.58. The molecule has 0 saturated heterocycles. The van der Waals surface area contributed by atoms with E-state index in [1.165, 1.54) is 13.2 Å². The number of rotatable bonds is 7. The number of hydrogen-bond acceptors (Lipinski definition) is 3. The molecule has 1 amide bonds. The molecule has 0 bridgehead atoms. The quantitative estimate of drug-likeness (QED) is 0.772. The van der Waals surface area contributed by atoms with E-state index in [0.717, 1.165) is 11.1 Å². The maximum absolute atomic E-state index is 13.5. The number of carbonyl (C=O) groups is 1. The number of nitrogens with two attached hydrogens (primary N) is 1. The second-order valence-corrected chi connectivity index (χ2v) is 5.33. The molecule has 0 heterocycles. The van der Waals surface area contributed by atoms with Crippen molar-refractivity contribution in [2.24, 2.45) is 0 Å². The monoisotopic (exact) mass is 316 g/mol. The summed E-state index contributed by atoms with van der Waals surface area (Å²) >= 11 is 0. The fourth-order valence-corrected chi connectivity index (χ4v) is 2.30. The summed E-state index contributed by atoms with van der Waals surface area (Å²) in [6.07, 6.45) is 0.956. The predicted molar refractivity (Wildman–Crippen MR) is 88.1 cm³/mol. The molecular formula is C18H21FN2O2. The predicted octanol–water partition coefficient (Wildman–Crippen LogP) is 2.80. The van der Waals surface area contributed by atoms with Crippen LogP contribution in [0.15, 0.2) is 42.5 Å². The average Bonchev–Trinajstić information content (AvgIpc) is 2.55. The number of benzene rings is 2. The Bertz CT molecular complexity index is 674. The highest BCUT2D eigenvalue weighted by molar-refractivity contribution is 5.76. The van der Waals surface area contributed by atoms with Crippen LogP contribution >= 0.6 is 0 Å². The molecule has 0 fully saturated rings. The minimum Gasteiger partial charge on any atom is -0.399 e. The molecule has 5 heteroatoms. The Morgan fingerprint density at radius 2 is 2.00 bits per heavy atom. The number of anilines is 1. The highest BCUT2D eigenvalue weighted by atomic mass is 19.1. The van der Waals surface area contributed by atoms with Crippen LogP contribution in [0.2, 0.25) is 0 Å². The fraction of sp³-hybridized carbons (Fsp3) is 0.278. The van der Waals surface area contributed by atoms with Gasteiger partial charge in [0.15, 0.2) is 0 Å². The first-order valence-corrected chi connectivity index (χ1v) is 7.46. The molecule has 0 aliphatic rings. The minimum atomic E-state index is -0.304. The van der Waals surface area contributed by atoms with Crippen molar-refractivity contribution in [2.75, 3.05) is 12.8 Å². The fourth-order valence-electron chi connectivity index (χ4n) is 2.30. The molecule has 0 spiro atoms. The summed E-state index contributed by atoms with van der Waals surface area (Å²) in [7, 11) is 1.52. The maximum Gasteiger partial charge on any atom is 0.220 e. The summed E-state index contributed by atoms with van der Waals surface area (Å²) in [6, 6.07) is 12.3. The van der Waals surface area contributed by atoms with E-state index in [1.807, 2.05) is 24.3 Å². The van der Waals surface area contributed by atoms with E-state index in [4.69, 9.17) is 10.5 Å². The zero-order valence-corrected chi connectivity index (χ0v) is 13.1. The van der Waals surface area contributed by atoms with Gasteiger partial charge < -0.3 is 15.8 Å². The van der Waals surface area contributed by atoms with Crippen molar-refractivity contribution in [2.45, 2.75) is 26.0 Å². The van der Waals surface area contributed by atoms with Gasteiger partial charge in [-0.1, -0.05) is 24.3 Å². The highest BCUT2D eigenvalue weighted by Gasteiger charge is 2.07. The standard InChI is InChI=1S/C18H21FN2O2/c1-23-12-15-10-13(6-8-16(15)19)11-21-18(22)9-7-14-4-2-3-5-17(14)20/h2-6,8,10H,7,9,11-12,20H2,1H3,(H,21,22). The molecule has 2 aromatic rings. The lowest BCUT2D eigenvalue weighted by Gasteiger charge is -2.09. The van der Waals surface area contributed by atoms with Crippen LogP contribution in [0, 0.1) is 5.82 Å². The third-order valence-corrected chi connectivity index (χ3v) is 3.58. The van der Waals surface area contributed by atoms with Gasteiger partial charge in [0.05, 0.1) is 6.61 Å². The smallest absolute Gasteiger partial charge is 0.220 e. The van der Waals surface area contributed by atoms with Crippen molar-refractivity contribution in [3.05, 3.63) is 65.0 Å². The van der Waals surface area contributed by atoms with E-state index in [1.54, 1.807) is 12.1 Å². The number of methoxy groups -OCH3 is 1. The molecule has 0 radical (unpaired) electrons. The van der Waals surface area contributed by atoms with Gasteiger partial charge in [0.1, 0.15) is 5.82 Å². The molecule has 0 aliphatic carbocycles. The van der Waals surface area contributed by atoms with Crippen LogP contribution in [-0.4, -0.2) is 13.0 Å². The number of nitrogen functional groups attached to an aromatic ring is 1. The van der Waals surface area contributed by atoms with Crippen LogP contribution in [-0.2, 0) is 29.1 Å². The summed E-state index contributed by atoms with van der Waals surface area (Å²) in [4.78, 5) is 11.9. The summed E-state index contributed by atoms with van der Waals surface area (Å²) < 4.78 is 18.5. The van der Waals surface area contributed by atoms with Crippen molar-refractivity contribution < 1.29 is 13.9 Å². The van der Waals surface area contributed by atoms with E-state index in [0.29, 0.717) is 30.6 Å². The maximum atomic E-state index is 13.5. The third kappa shape index (κ3) is 5.07. The molecule has 0 atom stereocenters. The van der Waals surface area contributed by atoms with Gasteiger partial charge in [-0.3, -0.25) is 4.79 Å². The lowest BCUT2D eigenvalue weighted by atomic mass is 10.1. The lowest BCUT2D eigenvalue weighted by molar-refractivity contribution is -0.121. The Hall–Kier alpha value is -2.40. The zero-order chi connectivity index (χ0) is 16.7. The van der Waals surface area contributed by atoms with E-state index in [2.05, 4.69) is 5.32 Å². The van der Waals surface area contributed by atoms with Crippen molar-refractivity contribution in [1.29, 1.82) is 0 Å². The average molecular weight is 316 g/mol. The minimum absolute atomic E-state index is 0.0640. The number of hydrogen-bond donors (Lipinski definition) is 2. The van der Waals surface area contributed by atoms with E-state index in [-0.39, 0.29) is 18.3 Å². The first kappa shape index (κ1) is 17.0. The highest BCUT2D eigenvalue weighted by Crippen LogP contribution is 2.13. The molecule has 4 nitrogen and oxygen atoms in total. The Balaban J connectivity index is 1.85. The SMILES string of the molecule is COCc1cc(CNC(=O)CCc2ccccc2N)ccc1F. The Kier molecular flexibility index (Phi) is 6.11. The van der Waals surface area contributed by atoms with E-state index >= 15 is 0 Å². The molecule has 3 N–H and O–H groups in total. The first-order chi connectivity index (χ1) is 11.1. The van der Waals surface area contributed by atoms with Crippen molar-refractivity contribution in [3.63, 3.8) is 0 Å². The van der Waals surface area contributed by atoms with Crippen LogP contribution in [0.4, 0.5) is 10.1 Å². The van der Waals surface area contributed by atoms with Crippen LogP contribution in [0.3, 0.4) is 0 Å². The van der Waals surface area contributed by atoms with Crippen LogP contribution < -0.4 is 11.1 Å². The number of amides is 1. The summed E-state index contributed by atoms with van der Waals surface area (Å²) in [6.45, 7) is 0.570. The summed E-state index contributed by atoms with van der Waals surface area (Å²) in [5.41, 5.74) is 8.84. The Morgan fingerprint density at radius 3 is 2.74 bits per heavy atom. The topological polar surface area (TPSA) is 64.3 Å². The molecule has 0 aliphatic heterocycles. The van der Waals surface area contributed by atoms with Crippen LogP contribution in [0.5, 0.6) is 0 Å². The van der Waals surface area contributed by atoms with Crippen molar-refractivity contribution >= 4 is 11.6 Å². The largest absolute Gasteiger partial charge is 0.399 e. The molecule has 0 aromatic heterocycles. The second-order valence-electron chi connectivity index (χ2n) is 5.33. The molecule has 0 unspecified atom stereocenters. The second kappa shape index (κ2) is 8.29. The number of aryl methyl sites for hydroxylation is 1. The summed E-state index contributed by atoms with van der Waals surface area (Å²) in [5.74, 6) is -0.368. The molecule has 2 aromatic carbocycles. The summed E-state index contributed by atoms with van der Waals surface area (Å²) in [5, 5.41) is 2.83. The Labute approximate surface area is 135 Å². The molecule has 0 saturated carbocycles. The van der Waals surface area contributed by atoms with Crippen molar-refractivity contribution in [1.82, 2.24) is 5.32 Å².